The number of aldehydes is 1. The zero-order valence-electron chi connectivity index (χ0n) is 10.3. The average Bonchev–Trinajstić information content (AvgIpc) is 2.80. The first-order valence-corrected chi connectivity index (χ1v) is 5.93. The summed E-state index contributed by atoms with van der Waals surface area (Å²) < 4.78 is 1.85. The van der Waals surface area contributed by atoms with E-state index in [0.29, 0.717) is 5.82 Å². The van der Waals surface area contributed by atoms with Crippen LogP contribution in [0.5, 0.6) is 0 Å². The summed E-state index contributed by atoms with van der Waals surface area (Å²) in [6.07, 6.45) is 3.36. The van der Waals surface area contributed by atoms with Crippen LogP contribution in [-0.2, 0) is 6.54 Å². The molecule has 0 atom stereocenters. The molecule has 1 aromatic heterocycles. The van der Waals surface area contributed by atoms with Gasteiger partial charge in [-0.05, 0) is 24.5 Å². The second kappa shape index (κ2) is 5.83. The second-order valence-corrected chi connectivity index (χ2v) is 3.89. The molecule has 2 aromatic rings. The molecule has 0 aliphatic heterocycles. The maximum absolute atomic E-state index is 10.9. The summed E-state index contributed by atoms with van der Waals surface area (Å²) >= 11 is 0. The van der Waals surface area contributed by atoms with Crippen molar-refractivity contribution in [3.8, 4) is 11.8 Å². The number of benzene rings is 1. The number of hydrogen-bond donors (Lipinski definition) is 0. The predicted molar refractivity (Wildman–Crippen MR) is 70.3 cm³/mol. The lowest BCUT2D eigenvalue weighted by molar-refractivity contribution is 0.111. The van der Waals surface area contributed by atoms with E-state index >= 15 is 0 Å². The highest BCUT2D eigenvalue weighted by Crippen LogP contribution is 2.05. The van der Waals surface area contributed by atoms with Crippen molar-refractivity contribution >= 4 is 6.29 Å². The Morgan fingerprint density at radius 2 is 2.06 bits per heavy atom. The molecule has 18 heavy (non-hydrogen) atoms. The molecule has 0 radical (unpaired) electrons. The molecular formula is C15H14N2O. The first-order chi connectivity index (χ1) is 8.85. The SMILES string of the molecule is CCCn1c(C#Cc2ccccc2)cnc1C=O. The average molecular weight is 238 g/mol. The van der Waals surface area contributed by atoms with Crippen LogP contribution >= 0.6 is 0 Å². The third-order valence-electron chi connectivity index (χ3n) is 2.55. The molecule has 1 heterocycles. The lowest BCUT2D eigenvalue weighted by Crippen LogP contribution is -2.04. The van der Waals surface area contributed by atoms with Gasteiger partial charge in [-0.15, -0.1) is 0 Å². The van der Waals surface area contributed by atoms with Crippen LogP contribution in [0.3, 0.4) is 0 Å². The van der Waals surface area contributed by atoms with E-state index < -0.39 is 0 Å². The quantitative estimate of drug-likeness (QED) is 0.608. The predicted octanol–water partition coefficient (Wildman–Crippen LogP) is 2.51. The lowest BCUT2D eigenvalue weighted by atomic mass is 10.2. The number of rotatable bonds is 3. The smallest absolute Gasteiger partial charge is 0.185 e. The van der Waals surface area contributed by atoms with E-state index in [1.807, 2.05) is 34.9 Å². The summed E-state index contributed by atoms with van der Waals surface area (Å²) in [6, 6.07) is 9.76. The number of carbonyl (C=O) groups excluding carboxylic acids is 1. The minimum absolute atomic E-state index is 0.439. The van der Waals surface area contributed by atoms with Gasteiger partial charge in [0.05, 0.1) is 6.20 Å². The Hall–Kier alpha value is -2.34. The van der Waals surface area contributed by atoms with Gasteiger partial charge in [0.25, 0.3) is 0 Å². The molecule has 0 N–H and O–H groups in total. The fourth-order valence-electron chi connectivity index (χ4n) is 1.70. The summed E-state index contributed by atoms with van der Waals surface area (Å²) in [6.45, 7) is 2.82. The van der Waals surface area contributed by atoms with Gasteiger partial charge in [-0.1, -0.05) is 31.0 Å². The Bertz CT molecular complexity index is 588. The Kier molecular flexibility index (Phi) is 3.93. The monoisotopic (exact) mass is 238 g/mol. The number of carbonyl (C=O) groups is 1. The van der Waals surface area contributed by atoms with Crippen LogP contribution in [-0.4, -0.2) is 15.8 Å². The zero-order chi connectivity index (χ0) is 12.8. The fourth-order valence-corrected chi connectivity index (χ4v) is 1.70. The number of aromatic nitrogens is 2. The number of hydrogen-bond acceptors (Lipinski definition) is 2. The van der Waals surface area contributed by atoms with Gasteiger partial charge in [0.15, 0.2) is 12.1 Å². The van der Waals surface area contributed by atoms with Crippen LogP contribution in [0.25, 0.3) is 0 Å². The molecule has 0 spiro atoms. The fraction of sp³-hybridized carbons (Fsp3) is 0.200. The molecule has 0 saturated heterocycles. The lowest BCUT2D eigenvalue weighted by Gasteiger charge is -2.02. The van der Waals surface area contributed by atoms with Crippen molar-refractivity contribution in [2.24, 2.45) is 0 Å². The molecule has 2 rings (SSSR count). The van der Waals surface area contributed by atoms with Crippen molar-refractivity contribution in [2.45, 2.75) is 19.9 Å². The van der Waals surface area contributed by atoms with Gasteiger partial charge in [0.2, 0.25) is 0 Å². The van der Waals surface area contributed by atoms with Gasteiger partial charge < -0.3 is 4.57 Å². The van der Waals surface area contributed by atoms with E-state index in [9.17, 15) is 4.79 Å². The van der Waals surface area contributed by atoms with Crippen molar-refractivity contribution in [3.05, 3.63) is 53.6 Å². The first-order valence-electron chi connectivity index (χ1n) is 5.93. The van der Waals surface area contributed by atoms with Crippen LogP contribution < -0.4 is 0 Å². The van der Waals surface area contributed by atoms with Crippen LogP contribution in [0.4, 0.5) is 0 Å². The van der Waals surface area contributed by atoms with E-state index in [1.165, 1.54) is 0 Å². The van der Waals surface area contributed by atoms with Crippen molar-refractivity contribution in [2.75, 3.05) is 0 Å². The standard InChI is InChI=1S/C15H14N2O/c1-2-10-17-14(11-16-15(17)12-18)9-8-13-6-4-3-5-7-13/h3-7,11-12H,2,10H2,1H3. The summed E-state index contributed by atoms with van der Waals surface area (Å²) in [4.78, 5) is 14.9. The minimum atomic E-state index is 0.439. The minimum Gasteiger partial charge on any atom is -0.315 e. The molecule has 0 unspecified atom stereocenters. The third-order valence-corrected chi connectivity index (χ3v) is 2.55. The Labute approximate surface area is 106 Å². The molecule has 1 aromatic carbocycles. The topological polar surface area (TPSA) is 34.9 Å². The highest BCUT2D eigenvalue weighted by molar-refractivity contribution is 5.70. The molecule has 0 saturated carbocycles. The van der Waals surface area contributed by atoms with E-state index in [1.54, 1.807) is 6.20 Å². The van der Waals surface area contributed by atoms with Crippen LogP contribution in [0.1, 0.15) is 35.2 Å². The van der Waals surface area contributed by atoms with E-state index in [-0.39, 0.29) is 0 Å². The van der Waals surface area contributed by atoms with Crippen LogP contribution in [0.2, 0.25) is 0 Å². The first kappa shape index (κ1) is 12.1. The maximum Gasteiger partial charge on any atom is 0.185 e. The third kappa shape index (κ3) is 2.67. The van der Waals surface area contributed by atoms with Gasteiger partial charge in [0.1, 0.15) is 5.69 Å². The molecule has 0 amide bonds. The summed E-state index contributed by atoms with van der Waals surface area (Å²) in [7, 11) is 0. The van der Waals surface area contributed by atoms with E-state index in [2.05, 4.69) is 23.7 Å². The highest BCUT2D eigenvalue weighted by atomic mass is 16.1. The summed E-state index contributed by atoms with van der Waals surface area (Å²) in [5, 5.41) is 0. The Balaban J connectivity index is 2.32. The normalized spacial score (nSPS) is 9.61. The second-order valence-electron chi connectivity index (χ2n) is 3.89. The molecule has 0 fully saturated rings. The van der Waals surface area contributed by atoms with Gasteiger partial charge in [-0.3, -0.25) is 4.79 Å². The van der Waals surface area contributed by atoms with Gasteiger partial charge >= 0.3 is 0 Å². The Morgan fingerprint density at radius 1 is 1.28 bits per heavy atom. The molecule has 3 nitrogen and oxygen atoms in total. The van der Waals surface area contributed by atoms with Crippen molar-refractivity contribution in [1.29, 1.82) is 0 Å². The zero-order valence-corrected chi connectivity index (χ0v) is 10.3. The van der Waals surface area contributed by atoms with Crippen molar-refractivity contribution < 1.29 is 4.79 Å². The van der Waals surface area contributed by atoms with Gasteiger partial charge in [-0.25, -0.2) is 4.98 Å². The van der Waals surface area contributed by atoms with Crippen molar-refractivity contribution in [3.63, 3.8) is 0 Å². The van der Waals surface area contributed by atoms with Gasteiger partial charge in [-0.2, -0.15) is 0 Å². The van der Waals surface area contributed by atoms with Crippen molar-refractivity contribution in [1.82, 2.24) is 9.55 Å². The summed E-state index contributed by atoms with van der Waals surface area (Å²) in [5.74, 6) is 6.57. The molecule has 0 aliphatic rings. The number of nitrogens with zero attached hydrogens (tertiary/aromatic N) is 2. The van der Waals surface area contributed by atoms with Crippen LogP contribution in [0, 0.1) is 11.8 Å². The van der Waals surface area contributed by atoms with E-state index in [0.717, 1.165) is 30.5 Å². The molecule has 90 valence electrons. The molecule has 3 heteroatoms. The highest BCUT2D eigenvalue weighted by Gasteiger charge is 2.05. The number of imidazole rings is 1. The van der Waals surface area contributed by atoms with Crippen LogP contribution in [0.15, 0.2) is 36.5 Å². The molecule has 0 bridgehead atoms. The van der Waals surface area contributed by atoms with Gasteiger partial charge in [0, 0.05) is 12.1 Å². The molecular weight excluding hydrogens is 224 g/mol. The van der Waals surface area contributed by atoms with E-state index in [4.69, 9.17) is 0 Å². The maximum atomic E-state index is 10.9. The largest absolute Gasteiger partial charge is 0.315 e. The summed E-state index contributed by atoms with van der Waals surface area (Å²) in [5.41, 5.74) is 1.73. The Morgan fingerprint density at radius 3 is 2.72 bits per heavy atom. The molecule has 0 aliphatic carbocycles.